The maximum atomic E-state index is 12.1. The number of pyridine rings is 1. The van der Waals surface area contributed by atoms with Gasteiger partial charge in [-0.2, -0.15) is 0 Å². The maximum absolute atomic E-state index is 12.1. The number of oxazole rings is 1. The molecule has 0 aliphatic carbocycles. The molecule has 1 aromatic carbocycles. The zero-order chi connectivity index (χ0) is 12.0. The smallest absolute Gasteiger partial charge is 0.280 e. The second-order valence-electron chi connectivity index (χ2n) is 4.02. The summed E-state index contributed by atoms with van der Waals surface area (Å²) in [4.78, 5) is 16.4. The molecule has 0 unspecified atom stereocenters. The predicted octanol–water partition coefficient (Wildman–Crippen LogP) is 2.24. The van der Waals surface area contributed by atoms with E-state index in [9.17, 15) is 4.79 Å². The van der Waals surface area contributed by atoms with Crippen molar-refractivity contribution in [2.24, 2.45) is 7.05 Å². The number of aromatic nitrogens is 2. The molecule has 0 saturated heterocycles. The van der Waals surface area contributed by atoms with E-state index >= 15 is 0 Å². The van der Waals surface area contributed by atoms with Crippen molar-refractivity contribution >= 4 is 22.0 Å². The Balaban J connectivity index is 2.63. The number of aryl methyl sites for hydroxylation is 2. The van der Waals surface area contributed by atoms with Crippen LogP contribution in [0.1, 0.15) is 12.8 Å². The molecule has 17 heavy (non-hydrogen) atoms. The second kappa shape index (κ2) is 3.45. The number of fused-ring (bicyclic) bond motifs is 3. The fourth-order valence-electron chi connectivity index (χ4n) is 2.07. The summed E-state index contributed by atoms with van der Waals surface area (Å²) in [7, 11) is 1.75. The molecule has 3 aromatic rings. The first-order chi connectivity index (χ1) is 8.22. The lowest BCUT2D eigenvalue weighted by Crippen LogP contribution is -2.17. The van der Waals surface area contributed by atoms with Crippen molar-refractivity contribution in [3.05, 3.63) is 40.5 Å². The first-order valence-corrected chi connectivity index (χ1v) is 5.59. The summed E-state index contributed by atoms with van der Waals surface area (Å²) >= 11 is 0. The van der Waals surface area contributed by atoms with Crippen LogP contribution in [0.2, 0.25) is 0 Å². The molecule has 4 heteroatoms. The molecule has 0 atom stereocenters. The van der Waals surface area contributed by atoms with Crippen LogP contribution in [0, 0.1) is 0 Å². The molecule has 2 heterocycles. The highest BCUT2D eigenvalue weighted by atomic mass is 16.3. The average molecular weight is 228 g/mol. The monoisotopic (exact) mass is 228 g/mol. The molecule has 0 radical (unpaired) electrons. The summed E-state index contributed by atoms with van der Waals surface area (Å²) in [5.41, 5.74) is 1.77. The van der Waals surface area contributed by atoms with E-state index in [1.54, 1.807) is 11.6 Å². The Morgan fingerprint density at radius 2 is 2.12 bits per heavy atom. The highest BCUT2D eigenvalue weighted by Gasteiger charge is 2.14. The van der Waals surface area contributed by atoms with Gasteiger partial charge in [0.2, 0.25) is 0 Å². The van der Waals surface area contributed by atoms with Crippen molar-refractivity contribution < 1.29 is 4.42 Å². The summed E-state index contributed by atoms with van der Waals surface area (Å²) in [5.74, 6) is 0.605. The van der Waals surface area contributed by atoms with Crippen LogP contribution in [0.4, 0.5) is 0 Å². The quantitative estimate of drug-likeness (QED) is 0.641. The van der Waals surface area contributed by atoms with Crippen LogP contribution in [0.15, 0.2) is 33.5 Å². The Kier molecular flexibility index (Phi) is 2.04. The number of hydrogen-bond donors (Lipinski definition) is 0. The molecule has 0 spiro atoms. The Bertz CT molecular complexity index is 768. The number of hydrogen-bond acceptors (Lipinski definition) is 3. The van der Waals surface area contributed by atoms with Gasteiger partial charge in [-0.25, -0.2) is 4.98 Å². The van der Waals surface area contributed by atoms with Crippen molar-refractivity contribution in [2.75, 3.05) is 0 Å². The van der Waals surface area contributed by atoms with Crippen LogP contribution in [-0.2, 0) is 13.5 Å². The molecule has 4 nitrogen and oxygen atoms in total. The Hall–Kier alpha value is -2.10. The fourth-order valence-corrected chi connectivity index (χ4v) is 2.07. The lowest BCUT2D eigenvalue weighted by atomic mass is 10.2. The summed E-state index contributed by atoms with van der Waals surface area (Å²) in [6.45, 7) is 1.96. The molecule has 0 N–H and O–H groups in total. The van der Waals surface area contributed by atoms with Crippen LogP contribution < -0.4 is 5.56 Å². The van der Waals surface area contributed by atoms with Crippen molar-refractivity contribution in [3.63, 3.8) is 0 Å². The van der Waals surface area contributed by atoms with Crippen molar-refractivity contribution in [3.8, 4) is 0 Å². The van der Waals surface area contributed by atoms with E-state index in [4.69, 9.17) is 4.42 Å². The van der Waals surface area contributed by atoms with E-state index in [-0.39, 0.29) is 5.56 Å². The topological polar surface area (TPSA) is 48.0 Å². The molecule has 0 aliphatic rings. The lowest BCUT2D eigenvalue weighted by molar-refractivity contribution is 0.540. The summed E-state index contributed by atoms with van der Waals surface area (Å²) in [5, 5.41) is 0.928. The minimum absolute atomic E-state index is 0.109. The van der Waals surface area contributed by atoms with Crippen LogP contribution in [-0.4, -0.2) is 9.55 Å². The summed E-state index contributed by atoms with van der Waals surface area (Å²) in [6, 6.07) is 7.69. The largest absolute Gasteiger partial charge is 0.440 e. The Morgan fingerprint density at radius 3 is 2.88 bits per heavy atom. The zero-order valence-electron chi connectivity index (χ0n) is 9.73. The third kappa shape index (κ3) is 1.30. The van der Waals surface area contributed by atoms with Gasteiger partial charge >= 0.3 is 0 Å². The molecule has 0 bridgehead atoms. The van der Waals surface area contributed by atoms with Crippen LogP contribution >= 0.6 is 0 Å². The van der Waals surface area contributed by atoms with E-state index in [1.807, 2.05) is 31.2 Å². The van der Waals surface area contributed by atoms with E-state index in [2.05, 4.69) is 4.98 Å². The Labute approximate surface area is 97.5 Å². The van der Waals surface area contributed by atoms with Crippen molar-refractivity contribution in [2.45, 2.75) is 13.3 Å². The fraction of sp³-hybridized carbons (Fsp3) is 0.231. The molecule has 0 aliphatic heterocycles. The van der Waals surface area contributed by atoms with Gasteiger partial charge in [0.05, 0.1) is 5.52 Å². The molecule has 0 amide bonds. The van der Waals surface area contributed by atoms with Gasteiger partial charge in [0.15, 0.2) is 17.0 Å². The standard InChI is InChI=1S/C13H12N2O2/c1-3-10-14-11-12(17-10)8-6-4-5-7-9(8)15(2)13(11)16/h4-7H,3H2,1-2H3. The normalized spacial score (nSPS) is 11.4. The third-order valence-electron chi connectivity index (χ3n) is 2.99. The first-order valence-electron chi connectivity index (χ1n) is 5.59. The number of benzene rings is 1. The molecular formula is C13H12N2O2. The Morgan fingerprint density at radius 1 is 1.35 bits per heavy atom. The highest BCUT2D eigenvalue weighted by molar-refractivity contribution is 6.00. The zero-order valence-corrected chi connectivity index (χ0v) is 9.73. The average Bonchev–Trinajstić information content (AvgIpc) is 2.80. The molecule has 86 valence electrons. The van der Waals surface area contributed by atoms with Gasteiger partial charge in [-0.05, 0) is 12.1 Å². The number of rotatable bonds is 1. The SMILES string of the molecule is CCc1nc2c(=O)n(C)c3ccccc3c2o1. The van der Waals surface area contributed by atoms with E-state index in [0.717, 1.165) is 10.9 Å². The van der Waals surface area contributed by atoms with E-state index in [1.165, 1.54) is 0 Å². The van der Waals surface area contributed by atoms with Crippen LogP contribution in [0.25, 0.3) is 22.0 Å². The second-order valence-corrected chi connectivity index (χ2v) is 4.02. The summed E-state index contributed by atoms with van der Waals surface area (Å²) in [6.07, 6.45) is 0.687. The maximum Gasteiger partial charge on any atom is 0.280 e. The number of nitrogens with zero attached hydrogens (tertiary/aromatic N) is 2. The van der Waals surface area contributed by atoms with Gasteiger partial charge in [-0.3, -0.25) is 4.79 Å². The predicted molar refractivity (Wildman–Crippen MR) is 66.1 cm³/mol. The molecule has 2 aromatic heterocycles. The van der Waals surface area contributed by atoms with E-state index in [0.29, 0.717) is 23.4 Å². The number of para-hydroxylation sites is 1. The van der Waals surface area contributed by atoms with Crippen molar-refractivity contribution in [1.29, 1.82) is 0 Å². The molecule has 0 fully saturated rings. The van der Waals surface area contributed by atoms with Gasteiger partial charge < -0.3 is 8.98 Å². The van der Waals surface area contributed by atoms with Crippen LogP contribution in [0.5, 0.6) is 0 Å². The summed E-state index contributed by atoms with van der Waals surface area (Å²) < 4.78 is 7.25. The van der Waals surface area contributed by atoms with Gasteiger partial charge in [0.1, 0.15) is 0 Å². The van der Waals surface area contributed by atoms with Gasteiger partial charge in [0.25, 0.3) is 5.56 Å². The third-order valence-corrected chi connectivity index (χ3v) is 2.99. The van der Waals surface area contributed by atoms with Crippen LogP contribution in [0.3, 0.4) is 0 Å². The van der Waals surface area contributed by atoms with Crippen molar-refractivity contribution in [1.82, 2.24) is 9.55 Å². The molecular weight excluding hydrogens is 216 g/mol. The minimum atomic E-state index is -0.109. The molecule has 0 saturated carbocycles. The lowest BCUT2D eigenvalue weighted by Gasteiger charge is -2.03. The van der Waals surface area contributed by atoms with Gasteiger partial charge in [-0.15, -0.1) is 0 Å². The molecule has 3 rings (SSSR count). The van der Waals surface area contributed by atoms with Gasteiger partial charge in [0, 0.05) is 18.9 Å². The van der Waals surface area contributed by atoms with Gasteiger partial charge in [-0.1, -0.05) is 19.1 Å². The highest BCUT2D eigenvalue weighted by Crippen LogP contribution is 2.23. The minimum Gasteiger partial charge on any atom is -0.440 e. The first kappa shape index (κ1) is 10.1. The van der Waals surface area contributed by atoms with E-state index < -0.39 is 0 Å².